The molecule has 2 N–H and O–H groups in total. The number of hydrogen-bond donors (Lipinski definition) is 1. The van der Waals surface area contributed by atoms with Crippen molar-refractivity contribution in [3.8, 4) is 11.4 Å². The minimum absolute atomic E-state index is 0.00863. The van der Waals surface area contributed by atoms with Crippen molar-refractivity contribution in [1.29, 1.82) is 0 Å². The molecule has 0 bridgehead atoms. The summed E-state index contributed by atoms with van der Waals surface area (Å²) in [6, 6.07) is 3.36. The fraction of sp³-hybridized carbons (Fsp3) is 0.364. The summed E-state index contributed by atoms with van der Waals surface area (Å²) in [5.41, 5.74) is 6.89. The van der Waals surface area contributed by atoms with Crippen molar-refractivity contribution in [3.05, 3.63) is 22.2 Å². The van der Waals surface area contributed by atoms with E-state index in [-0.39, 0.29) is 6.04 Å². The maximum Gasteiger partial charge on any atom is 0.182 e. The van der Waals surface area contributed by atoms with Crippen molar-refractivity contribution in [2.75, 3.05) is 19.5 Å². The average molecular weight is 302 g/mol. The first-order chi connectivity index (χ1) is 9.04. The number of nitrogens with two attached hydrogens (primary N) is 1. The van der Waals surface area contributed by atoms with Crippen LogP contribution in [-0.4, -0.2) is 33.9 Å². The van der Waals surface area contributed by atoms with Crippen LogP contribution in [0.2, 0.25) is 10.0 Å². The molecule has 0 radical (unpaired) electrons. The van der Waals surface area contributed by atoms with Crippen LogP contribution in [0.4, 0.5) is 5.69 Å². The molecule has 0 amide bonds. The number of aromatic nitrogens is 4. The third-order valence-corrected chi connectivity index (χ3v) is 3.45. The Morgan fingerprint density at radius 1 is 1.42 bits per heavy atom. The van der Waals surface area contributed by atoms with Gasteiger partial charge in [0.15, 0.2) is 5.82 Å². The third kappa shape index (κ3) is 2.80. The van der Waals surface area contributed by atoms with Gasteiger partial charge in [0.25, 0.3) is 0 Å². The van der Waals surface area contributed by atoms with E-state index in [4.69, 9.17) is 33.7 Å². The second-order valence-electron chi connectivity index (χ2n) is 4.11. The van der Waals surface area contributed by atoms with E-state index in [1.807, 2.05) is 6.92 Å². The number of benzene rings is 1. The Morgan fingerprint density at radius 3 is 2.79 bits per heavy atom. The van der Waals surface area contributed by atoms with Crippen LogP contribution in [0, 0.1) is 0 Å². The molecule has 0 fully saturated rings. The number of methoxy groups -OCH3 is 1. The number of hydrogen-bond acceptors (Lipinski definition) is 5. The van der Waals surface area contributed by atoms with Crippen LogP contribution in [0.3, 0.4) is 0 Å². The highest BCUT2D eigenvalue weighted by atomic mass is 35.5. The molecule has 6 nitrogen and oxygen atoms in total. The van der Waals surface area contributed by atoms with E-state index in [2.05, 4.69) is 15.5 Å². The maximum absolute atomic E-state index is 6.01. The Bertz CT molecular complexity index is 563. The molecule has 2 aromatic rings. The van der Waals surface area contributed by atoms with Crippen LogP contribution in [0.5, 0.6) is 0 Å². The third-order valence-electron chi connectivity index (χ3n) is 2.63. The molecule has 1 unspecified atom stereocenters. The number of tetrazole rings is 1. The maximum atomic E-state index is 6.01. The first-order valence-electron chi connectivity index (χ1n) is 5.56. The molecule has 102 valence electrons. The molecule has 1 atom stereocenters. The van der Waals surface area contributed by atoms with E-state index in [0.29, 0.717) is 33.7 Å². The first kappa shape index (κ1) is 14.0. The van der Waals surface area contributed by atoms with Crippen LogP contribution in [0.15, 0.2) is 12.1 Å². The number of nitrogen functional groups attached to an aromatic ring is 1. The summed E-state index contributed by atoms with van der Waals surface area (Å²) in [7, 11) is 1.62. The lowest BCUT2D eigenvalue weighted by Crippen LogP contribution is -2.14. The number of anilines is 1. The molecular formula is C11H13Cl2N5O. The Balaban J connectivity index is 2.45. The Hall–Kier alpha value is -1.37. The van der Waals surface area contributed by atoms with Gasteiger partial charge in [0.05, 0.1) is 28.4 Å². The summed E-state index contributed by atoms with van der Waals surface area (Å²) in [5.74, 6) is 0.565. The smallest absolute Gasteiger partial charge is 0.182 e. The molecule has 0 saturated carbocycles. The molecule has 1 aromatic heterocycles. The van der Waals surface area contributed by atoms with Crippen LogP contribution < -0.4 is 5.73 Å². The SMILES string of the molecule is COCC(C)n1nnnc1-c1cc(N)c(Cl)c(Cl)c1. The summed E-state index contributed by atoms with van der Waals surface area (Å²) >= 11 is 11.9. The lowest BCUT2D eigenvalue weighted by Gasteiger charge is -2.13. The van der Waals surface area contributed by atoms with Gasteiger partial charge in [-0.05, 0) is 29.5 Å². The summed E-state index contributed by atoms with van der Waals surface area (Å²) < 4.78 is 6.75. The zero-order valence-electron chi connectivity index (χ0n) is 10.5. The van der Waals surface area contributed by atoms with Crippen LogP contribution in [-0.2, 0) is 4.74 Å². The zero-order chi connectivity index (χ0) is 14.0. The molecule has 0 spiro atoms. The molecule has 0 saturated heterocycles. The van der Waals surface area contributed by atoms with E-state index < -0.39 is 0 Å². The van der Waals surface area contributed by atoms with Gasteiger partial charge in [-0.25, -0.2) is 4.68 Å². The lowest BCUT2D eigenvalue weighted by atomic mass is 10.2. The van der Waals surface area contributed by atoms with E-state index >= 15 is 0 Å². The van der Waals surface area contributed by atoms with Gasteiger partial charge >= 0.3 is 0 Å². The lowest BCUT2D eigenvalue weighted by molar-refractivity contribution is 0.156. The van der Waals surface area contributed by atoms with Crippen LogP contribution >= 0.6 is 23.2 Å². The Morgan fingerprint density at radius 2 is 2.16 bits per heavy atom. The van der Waals surface area contributed by atoms with Gasteiger partial charge in [-0.2, -0.15) is 0 Å². The van der Waals surface area contributed by atoms with Gasteiger partial charge in [-0.3, -0.25) is 0 Å². The highest BCUT2D eigenvalue weighted by Crippen LogP contribution is 2.33. The standard InChI is InChI=1S/C11H13Cl2N5O/c1-6(5-19-2)18-11(15-16-17-18)7-3-8(12)10(13)9(14)4-7/h3-4,6H,5,14H2,1-2H3. The highest BCUT2D eigenvalue weighted by Gasteiger charge is 2.16. The van der Waals surface area contributed by atoms with Crippen molar-refractivity contribution in [2.24, 2.45) is 0 Å². The van der Waals surface area contributed by atoms with Gasteiger partial charge in [-0.1, -0.05) is 23.2 Å². The summed E-state index contributed by atoms with van der Waals surface area (Å²) in [6.07, 6.45) is 0. The first-order valence-corrected chi connectivity index (χ1v) is 6.32. The monoisotopic (exact) mass is 301 g/mol. The van der Waals surface area contributed by atoms with Crippen molar-refractivity contribution in [1.82, 2.24) is 20.2 Å². The second-order valence-corrected chi connectivity index (χ2v) is 4.90. The van der Waals surface area contributed by atoms with Crippen molar-refractivity contribution in [2.45, 2.75) is 13.0 Å². The topological polar surface area (TPSA) is 78.8 Å². The molecule has 8 heteroatoms. The summed E-state index contributed by atoms with van der Waals surface area (Å²) in [4.78, 5) is 0. The number of rotatable bonds is 4. The second kappa shape index (κ2) is 5.73. The molecule has 19 heavy (non-hydrogen) atoms. The predicted octanol–water partition coefficient (Wildman–Crippen LogP) is 2.44. The number of nitrogens with zero attached hydrogens (tertiary/aromatic N) is 4. The van der Waals surface area contributed by atoms with Crippen LogP contribution in [0.25, 0.3) is 11.4 Å². The van der Waals surface area contributed by atoms with Crippen molar-refractivity contribution < 1.29 is 4.74 Å². The van der Waals surface area contributed by atoms with Gasteiger partial charge in [0.1, 0.15) is 0 Å². The molecule has 1 aromatic carbocycles. The number of ether oxygens (including phenoxy) is 1. The van der Waals surface area contributed by atoms with E-state index in [1.165, 1.54) is 0 Å². The molecule has 1 heterocycles. The van der Waals surface area contributed by atoms with E-state index in [9.17, 15) is 0 Å². The molecule has 0 aliphatic heterocycles. The Labute approximate surface area is 120 Å². The molecule has 2 rings (SSSR count). The van der Waals surface area contributed by atoms with Gasteiger partial charge in [-0.15, -0.1) is 5.10 Å². The predicted molar refractivity (Wildman–Crippen MR) is 74.3 cm³/mol. The Kier molecular flexibility index (Phi) is 4.24. The van der Waals surface area contributed by atoms with Crippen molar-refractivity contribution >= 4 is 28.9 Å². The van der Waals surface area contributed by atoms with Gasteiger partial charge in [0.2, 0.25) is 0 Å². The fourth-order valence-electron chi connectivity index (χ4n) is 1.73. The minimum atomic E-state index is -0.00863. The summed E-state index contributed by atoms with van der Waals surface area (Å²) in [6.45, 7) is 2.44. The zero-order valence-corrected chi connectivity index (χ0v) is 12.0. The van der Waals surface area contributed by atoms with Gasteiger partial charge in [0, 0.05) is 12.7 Å². The average Bonchev–Trinajstić information content (AvgIpc) is 2.84. The minimum Gasteiger partial charge on any atom is -0.397 e. The van der Waals surface area contributed by atoms with Gasteiger partial charge < -0.3 is 10.5 Å². The fourth-order valence-corrected chi connectivity index (χ4v) is 2.07. The van der Waals surface area contributed by atoms with Crippen molar-refractivity contribution in [3.63, 3.8) is 0 Å². The highest BCUT2D eigenvalue weighted by molar-refractivity contribution is 6.43. The quantitative estimate of drug-likeness (QED) is 0.878. The van der Waals surface area contributed by atoms with E-state index in [1.54, 1.807) is 23.9 Å². The van der Waals surface area contributed by atoms with E-state index in [0.717, 1.165) is 0 Å². The molecule has 0 aliphatic rings. The molecular weight excluding hydrogens is 289 g/mol. The number of halogens is 2. The largest absolute Gasteiger partial charge is 0.397 e. The normalized spacial score (nSPS) is 12.6. The summed E-state index contributed by atoms with van der Waals surface area (Å²) in [5, 5.41) is 12.3. The molecule has 0 aliphatic carbocycles. The van der Waals surface area contributed by atoms with Crippen LogP contribution in [0.1, 0.15) is 13.0 Å².